The first-order valence-electron chi connectivity index (χ1n) is 4.37. The van der Waals surface area contributed by atoms with Crippen LogP contribution in [0.1, 0.15) is 5.56 Å². The van der Waals surface area contributed by atoms with Crippen LogP contribution < -0.4 is 4.74 Å². The number of ether oxygens (including phenoxy) is 2. The van der Waals surface area contributed by atoms with E-state index in [0.717, 1.165) is 5.56 Å². The van der Waals surface area contributed by atoms with Gasteiger partial charge in [0.25, 0.3) is 0 Å². The highest BCUT2D eigenvalue weighted by Crippen LogP contribution is 2.45. The molecule has 1 heterocycles. The maximum absolute atomic E-state index is 6.34. The largest absolute Gasteiger partial charge is 0.495 e. The molecule has 0 amide bonds. The van der Waals surface area contributed by atoms with Gasteiger partial charge in [-0.15, -0.1) is 11.6 Å². The molecule has 0 atom stereocenters. The van der Waals surface area contributed by atoms with Crippen molar-refractivity contribution in [2.75, 3.05) is 20.3 Å². The molecule has 1 saturated heterocycles. The van der Waals surface area contributed by atoms with Gasteiger partial charge in [0.15, 0.2) is 0 Å². The van der Waals surface area contributed by atoms with Crippen LogP contribution in [0.5, 0.6) is 5.75 Å². The van der Waals surface area contributed by atoms with E-state index in [1.165, 1.54) is 0 Å². The smallest absolute Gasteiger partial charge is 0.142 e. The first kappa shape index (κ1) is 11.3. The number of methoxy groups -OCH3 is 1. The molecule has 0 aromatic heterocycles. The lowest BCUT2D eigenvalue weighted by molar-refractivity contribution is -0.0161. The fraction of sp³-hybridized carbons (Fsp3) is 0.400. The van der Waals surface area contributed by atoms with Crippen molar-refractivity contribution in [3.63, 3.8) is 0 Å². The van der Waals surface area contributed by atoms with E-state index in [0.29, 0.717) is 29.0 Å². The first-order chi connectivity index (χ1) is 7.07. The second-order valence-electron chi connectivity index (χ2n) is 3.43. The highest BCUT2D eigenvalue weighted by Gasteiger charge is 2.41. The third-order valence-electron chi connectivity index (χ3n) is 2.36. The van der Waals surface area contributed by atoms with E-state index in [4.69, 9.17) is 44.3 Å². The van der Waals surface area contributed by atoms with Crippen LogP contribution in [0.15, 0.2) is 12.1 Å². The molecule has 0 aliphatic carbocycles. The standard InChI is InChI=1S/C10H9Cl3O2/c1-14-9-7(10(13)4-15-5-10)2-6(11)3-8(9)12/h2-3H,4-5H2,1H3. The monoisotopic (exact) mass is 266 g/mol. The molecule has 1 aromatic rings. The summed E-state index contributed by atoms with van der Waals surface area (Å²) in [6.07, 6.45) is 0. The Labute approximate surface area is 103 Å². The van der Waals surface area contributed by atoms with Crippen LogP contribution in [0.25, 0.3) is 0 Å². The van der Waals surface area contributed by atoms with Crippen LogP contribution in [0.3, 0.4) is 0 Å². The fourth-order valence-electron chi connectivity index (χ4n) is 1.54. The van der Waals surface area contributed by atoms with Crippen molar-refractivity contribution < 1.29 is 9.47 Å². The van der Waals surface area contributed by atoms with Crippen molar-refractivity contribution >= 4 is 34.8 Å². The normalized spacial score (nSPS) is 18.4. The average Bonchev–Trinajstić information content (AvgIpc) is 2.13. The van der Waals surface area contributed by atoms with E-state index in [1.54, 1.807) is 19.2 Å². The van der Waals surface area contributed by atoms with Gasteiger partial charge in [-0.1, -0.05) is 23.2 Å². The molecule has 0 radical (unpaired) electrons. The van der Waals surface area contributed by atoms with Gasteiger partial charge < -0.3 is 9.47 Å². The number of benzene rings is 1. The zero-order valence-corrected chi connectivity index (χ0v) is 10.3. The van der Waals surface area contributed by atoms with Crippen molar-refractivity contribution in [3.05, 3.63) is 27.7 Å². The summed E-state index contributed by atoms with van der Waals surface area (Å²) in [4.78, 5) is -0.556. The average molecular weight is 268 g/mol. The summed E-state index contributed by atoms with van der Waals surface area (Å²) in [7, 11) is 1.55. The predicted molar refractivity (Wildman–Crippen MR) is 61.4 cm³/mol. The molecule has 0 bridgehead atoms. The molecule has 1 aromatic carbocycles. The molecular weight excluding hydrogens is 258 g/mol. The minimum absolute atomic E-state index is 0.446. The minimum atomic E-state index is -0.556. The van der Waals surface area contributed by atoms with Crippen LogP contribution in [0.2, 0.25) is 10.0 Å². The summed E-state index contributed by atoms with van der Waals surface area (Å²) in [6.45, 7) is 0.892. The minimum Gasteiger partial charge on any atom is -0.495 e. The molecule has 1 aliphatic rings. The maximum Gasteiger partial charge on any atom is 0.142 e. The van der Waals surface area contributed by atoms with Crippen molar-refractivity contribution in [2.24, 2.45) is 0 Å². The Bertz CT molecular complexity index is 388. The summed E-state index contributed by atoms with van der Waals surface area (Å²) in [5.74, 6) is 0.569. The predicted octanol–water partition coefficient (Wildman–Crippen LogP) is 3.47. The molecule has 5 heteroatoms. The first-order valence-corrected chi connectivity index (χ1v) is 5.50. The lowest BCUT2D eigenvalue weighted by Crippen LogP contribution is -2.41. The highest BCUT2D eigenvalue weighted by molar-refractivity contribution is 6.36. The quantitative estimate of drug-likeness (QED) is 0.764. The summed E-state index contributed by atoms with van der Waals surface area (Å²) in [5, 5.41) is 1.01. The Hall–Kier alpha value is -0.150. The molecule has 2 rings (SSSR count). The topological polar surface area (TPSA) is 18.5 Å². The zero-order valence-electron chi connectivity index (χ0n) is 8.02. The molecule has 0 spiro atoms. The lowest BCUT2D eigenvalue weighted by atomic mass is 9.95. The Morgan fingerprint density at radius 3 is 2.47 bits per heavy atom. The van der Waals surface area contributed by atoms with Crippen LogP contribution >= 0.6 is 34.8 Å². The number of halogens is 3. The lowest BCUT2D eigenvalue weighted by Gasteiger charge is -2.37. The molecule has 15 heavy (non-hydrogen) atoms. The summed E-state index contributed by atoms with van der Waals surface area (Å²) in [6, 6.07) is 3.40. The molecule has 1 aliphatic heterocycles. The van der Waals surface area contributed by atoms with E-state index in [9.17, 15) is 0 Å². The van der Waals surface area contributed by atoms with Gasteiger partial charge in [0, 0.05) is 10.6 Å². The second kappa shape index (κ2) is 4.02. The Morgan fingerprint density at radius 1 is 1.33 bits per heavy atom. The summed E-state index contributed by atoms with van der Waals surface area (Å²) >= 11 is 18.3. The Morgan fingerprint density at radius 2 is 2.00 bits per heavy atom. The van der Waals surface area contributed by atoms with E-state index >= 15 is 0 Å². The van der Waals surface area contributed by atoms with E-state index < -0.39 is 4.87 Å². The fourth-order valence-corrected chi connectivity index (χ4v) is 2.40. The highest BCUT2D eigenvalue weighted by atomic mass is 35.5. The van der Waals surface area contributed by atoms with Crippen molar-refractivity contribution in [1.82, 2.24) is 0 Å². The third kappa shape index (κ3) is 1.92. The van der Waals surface area contributed by atoms with Crippen molar-refractivity contribution in [2.45, 2.75) is 4.87 Å². The summed E-state index contributed by atoms with van der Waals surface area (Å²) in [5.41, 5.74) is 0.787. The van der Waals surface area contributed by atoms with Crippen LogP contribution in [0.4, 0.5) is 0 Å². The molecule has 1 fully saturated rings. The molecule has 0 saturated carbocycles. The number of rotatable bonds is 2. The third-order valence-corrected chi connectivity index (χ3v) is 3.28. The zero-order chi connectivity index (χ0) is 11.1. The van der Waals surface area contributed by atoms with Gasteiger partial charge in [0.2, 0.25) is 0 Å². The maximum atomic E-state index is 6.34. The van der Waals surface area contributed by atoms with Gasteiger partial charge >= 0.3 is 0 Å². The van der Waals surface area contributed by atoms with Gasteiger partial charge in [-0.3, -0.25) is 0 Å². The van der Waals surface area contributed by atoms with Gasteiger partial charge in [-0.05, 0) is 12.1 Å². The molecule has 0 unspecified atom stereocenters. The van der Waals surface area contributed by atoms with Gasteiger partial charge in [-0.25, -0.2) is 0 Å². The second-order valence-corrected chi connectivity index (χ2v) is 4.99. The number of hydrogen-bond acceptors (Lipinski definition) is 2. The van der Waals surface area contributed by atoms with E-state index in [1.807, 2.05) is 0 Å². The van der Waals surface area contributed by atoms with Gasteiger partial charge in [0.05, 0.1) is 25.3 Å². The van der Waals surface area contributed by atoms with E-state index in [-0.39, 0.29) is 0 Å². The Kier molecular flexibility index (Phi) is 3.04. The van der Waals surface area contributed by atoms with Gasteiger partial charge in [-0.2, -0.15) is 0 Å². The molecule has 82 valence electrons. The van der Waals surface area contributed by atoms with Crippen molar-refractivity contribution in [3.8, 4) is 5.75 Å². The molecule has 2 nitrogen and oxygen atoms in total. The number of hydrogen-bond donors (Lipinski definition) is 0. The van der Waals surface area contributed by atoms with Crippen LogP contribution in [-0.2, 0) is 9.61 Å². The summed E-state index contributed by atoms with van der Waals surface area (Å²) < 4.78 is 10.3. The van der Waals surface area contributed by atoms with Crippen LogP contribution in [-0.4, -0.2) is 20.3 Å². The van der Waals surface area contributed by atoms with Gasteiger partial charge in [0.1, 0.15) is 10.6 Å². The molecule has 0 N–H and O–H groups in total. The van der Waals surface area contributed by atoms with Crippen molar-refractivity contribution in [1.29, 1.82) is 0 Å². The Balaban J connectivity index is 2.53. The van der Waals surface area contributed by atoms with E-state index in [2.05, 4.69) is 0 Å². The number of alkyl halides is 1. The SMILES string of the molecule is COc1c(Cl)cc(Cl)cc1C1(Cl)COC1. The molecular formula is C10H9Cl3O2. The van der Waals surface area contributed by atoms with Crippen LogP contribution in [0, 0.1) is 0 Å².